The Labute approximate surface area is 277 Å². The minimum absolute atomic E-state index is 0.0888. The van der Waals surface area contributed by atoms with Crippen molar-refractivity contribution in [1.82, 2.24) is 20.4 Å². The first-order valence-electron chi connectivity index (χ1n) is 15.4. The average Bonchev–Trinajstić information content (AvgIpc) is 3.50. The molecule has 4 heterocycles. The van der Waals surface area contributed by atoms with Crippen LogP contribution in [0.15, 0.2) is 83.6 Å². The maximum Gasteiger partial charge on any atom is 0.356 e. The molecule has 2 fully saturated rings. The Morgan fingerprint density at radius 2 is 1.00 bits per heavy atom. The third kappa shape index (κ3) is 9.14. The molecular weight excluding hydrogens is 624 g/mol. The molecule has 6 rings (SSSR count). The van der Waals surface area contributed by atoms with E-state index in [0.717, 1.165) is 26.2 Å². The van der Waals surface area contributed by atoms with Crippen LogP contribution in [0.5, 0.6) is 0 Å². The van der Waals surface area contributed by atoms with Gasteiger partial charge in [0.1, 0.15) is 11.5 Å². The lowest BCUT2D eigenvalue weighted by atomic mass is 10.0. The van der Waals surface area contributed by atoms with E-state index in [1.54, 1.807) is 0 Å². The monoisotopic (exact) mass is 662 g/mol. The number of aliphatic carboxylic acids is 2. The van der Waals surface area contributed by atoms with Gasteiger partial charge in [-0.25, -0.2) is 9.59 Å². The molecule has 4 N–H and O–H groups in total. The molecule has 2 aromatic rings. The number of carbonyl (C=O) groups excluding carboxylic acids is 4. The number of benzene rings is 2. The van der Waals surface area contributed by atoms with Crippen LogP contribution < -0.4 is 10.6 Å². The zero-order valence-corrected chi connectivity index (χ0v) is 26.6. The first-order valence-corrected chi connectivity index (χ1v) is 15.4. The van der Waals surface area contributed by atoms with Crippen LogP contribution in [0.2, 0.25) is 0 Å². The molecule has 0 spiro atoms. The molecule has 0 saturated carbocycles. The van der Waals surface area contributed by atoms with Gasteiger partial charge in [0.05, 0.1) is 12.1 Å². The SMILES string of the molecule is CC(=O)OC1=C(C(=O)O)N2C(=O)CC2C1.CC(=O)OC1=C(C(=O)O)N2C(=O)CC2C1.c1ccc(CNCCNCc2ccccc2)cc1. The summed E-state index contributed by atoms with van der Waals surface area (Å²) in [5.41, 5.74) is 2.29. The number of hydrogen-bond donors (Lipinski definition) is 4. The predicted octanol–water partition coefficient (Wildman–Crippen LogP) is 2.27. The highest BCUT2D eigenvalue weighted by atomic mass is 16.5. The lowest BCUT2D eigenvalue weighted by Crippen LogP contribution is -2.49. The Morgan fingerprint density at radius 1 is 0.646 bits per heavy atom. The molecule has 4 aliphatic rings. The van der Waals surface area contributed by atoms with E-state index in [1.165, 1.54) is 34.8 Å². The molecule has 2 aromatic carbocycles. The van der Waals surface area contributed by atoms with Crippen molar-refractivity contribution in [3.8, 4) is 0 Å². The second-order valence-corrected chi connectivity index (χ2v) is 11.3. The largest absolute Gasteiger partial charge is 0.476 e. The second-order valence-electron chi connectivity index (χ2n) is 11.3. The highest BCUT2D eigenvalue weighted by molar-refractivity contribution is 5.99. The van der Waals surface area contributed by atoms with Gasteiger partial charge in [0, 0.05) is 65.7 Å². The van der Waals surface area contributed by atoms with Crippen LogP contribution in [0.1, 0.15) is 50.7 Å². The molecule has 0 bridgehead atoms. The Kier molecular flexibility index (Phi) is 12.2. The predicted molar refractivity (Wildman–Crippen MR) is 169 cm³/mol. The summed E-state index contributed by atoms with van der Waals surface area (Å²) in [4.78, 5) is 67.9. The Balaban J connectivity index is 0.000000164. The molecule has 14 nitrogen and oxygen atoms in total. The van der Waals surface area contributed by atoms with Gasteiger partial charge in [-0.05, 0) is 11.1 Å². The van der Waals surface area contributed by atoms with Gasteiger partial charge in [-0.3, -0.25) is 29.0 Å². The fraction of sp³-hybridized carbons (Fsp3) is 0.353. The van der Waals surface area contributed by atoms with Crippen LogP contribution in [0, 0.1) is 0 Å². The van der Waals surface area contributed by atoms with Gasteiger partial charge in [-0.15, -0.1) is 0 Å². The lowest BCUT2D eigenvalue weighted by molar-refractivity contribution is -0.147. The van der Waals surface area contributed by atoms with E-state index in [4.69, 9.17) is 19.7 Å². The van der Waals surface area contributed by atoms with Gasteiger partial charge < -0.3 is 30.3 Å². The number of fused-ring (bicyclic) bond motifs is 2. The number of nitrogens with one attached hydrogen (secondary N) is 2. The molecular formula is C34H38N4O10. The number of ether oxygens (including phenoxy) is 2. The molecule has 0 aliphatic carbocycles. The van der Waals surface area contributed by atoms with Crippen molar-refractivity contribution in [3.63, 3.8) is 0 Å². The van der Waals surface area contributed by atoms with Gasteiger partial charge in [-0.2, -0.15) is 0 Å². The van der Waals surface area contributed by atoms with Crippen molar-refractivity contribution in [2.24, 2.45) is 0 Å². The third-order valence-electron chi connectivity index (χ3n) is 7.70. The number of rotatable bonds is 11. The molecule has 2 unspecified atom stereocenters. The Hall–Kier alpha value is -5.34. The van der Waals surface area contributed by atoms with E-state index in [0.29, 0.717) is 25.7 Å². The second kappa shape index (κ2) is 16.5. The van der Waals surface area contributed by atoms with E-state index in [9.17, 15) is 28.8 Å². The fourth-order valence-corrected chi connectivity index (χ4v) is 5.60. The average molecular weight is 663 g/mol. The molecule has 2 saturated heterocycles. The summed E-state index contributed by atoms with van der Waals surface area (Å²) in [6.07, 6.45) is 1.27. The number of amides is 2. The number of hydrogen-bond acceptors (Lipinski definition) is 10. The molecule has 0 aromatic heterocycles. The summed E-state index contributed by atoms with van der Waals surface area (Å²) in [7, 11) is 0. The summed E-state index contributed by atoms with van der Waals surface area (Å²) in [5, 5.41) is 24.6. The topological polar surface area (TPSA) is 192 Å². The first kappa shape index (κ1) is 35.5. The Morgan fingerprint density at radius 3 is 1.29 bits per heavy atom. The highest BCUT2D eigenvalue weighted by Gasteiger charge is 2.49. The van der Waals surface area contributed by atoms with Crippen LogP contribution >= 0.6 is 0 Å². The van der Waals surface area contributed by atoms with Crippen LogP contribution in [-0.2, 0) is 51.3 Å². The highest BCUT2D eigenvalue weighted by Crippen LogP contribution is 2.39. The number of carbonyl (C=O) groups is 6. The standard InChI is InChI=1S/C16H20N2.2C9H9NO5/c1-3-7-15(8-4-1)13-17-11-12-18-14-16-9-5-2-6-10-16;2*1-4(11)15-6-2-5-3-7(12)10(5)8(6)9(13)14/h1-10,17-18H,11-14H2;2*5H,2-3H2,1H3,(H,13,14). The molecule has 0 radical (unpaired) electrons. The molecule has 4 aliphatic heterocycles. The summed E-state index contributed by atoms with van der Waals surface area (Å²) in [6.45, 7) is 6.25. The quantitative estimate of drug-likeness (QED) is 0.156. The van der Waals surface area contributed by atoms with E-state index < -0.39 is 23.9 Å². The van der Waals surface area contributed by atoms with Crippen LogP contribution in [0.3, 0.4) is 0 Å². The maximum atomic E-state index is 11.1. The molecule has 2 atom stereocenters. The van der Waals surface area contributed by atoms with Crippen molar-refractivity contribution in [3.05, 3.63) is 94.7 Å². The zero-order chi connectivity index (χ0) is 34.8. The van der Waals surface area contributed by atoms with E-state index in [1.807, 2.05) is 12.1 Å². The van der Waals surface area contributed by atoms with Gasteiger partial charge in [-0.1, -0.05) is 60.7 Å². The minimum atomic E-state index is -1.23. The number of β-lactam (4-membered cyclic amide) rings is 2. The van der Waals surface area contributed by atoms with Crippen molar-refractivity contribution in [2.75, 3.05) is 13.1 Å². The Bertz CT molecular complexity index is 1490. The number of carboxylic acid groups (broad SMARTS) is 2. The number of nitrogens with zero attached hydrogens (tertiary/aromatic N) is 2. The van der Waals surface area contributed by atoms with E-state index in [-0.39, 0.29) is 46.8 Å². The molecule has 254 valence electrons. The van der Waals surface area contributed by atoms with Gasteiger partial charge in [0.15, 0.2) is 11.4 Å². The van der Waals surface area contributed by atoms with Crippen LogP contribution in [0.4, 0.5) is 0 Å². The first-order chi connectivity index (χ1) is 23.0. The van der Waals surface area contributed by atoms with Crippen molar-refractivity contribution < 1.29 is 48.5 Å². The lowest BCUT2D eigenvalue weighted by Gasteiger charge is -2.34. The maximum absolute atomic E-state index is 11.1. The zero-order valence-electron chi connectivity index (χ0n) is 26.6. The summed E-state index contributed by atoms with van der Waals surface area (Å²) < 4.78 is 9.56. The van der Waals surface area contributed by atoms with Crippen LogP contribution in [-0.4, -0.2) is 80.9 Å². The van der Waals surface area contributed by atoms with Gasteiger partial charge in [0.25, 0.3) is 0 Å². The fourth-order valence-electron chi connectivity index (χ4n) is 5.60. The van der Waals surface area contributed by atoms with E-state index in [2.05, 4.69) is 59.2 Å². The van der Waals surface area contributed by atoms with Crippen molar-refractivity contribution in [2.45, 2.75) is 64.7 Å². The number of carboxylic acids is 2. The number of esters is 2. The van der Waals surface area contributed by atoms with Gasteiger partial charge >= 0.3 is 23.9 Å². The molecule has 2 amide bonds. The molecule has 48 heavy (non-hydrogen) atoms. The minimum Gasteiger partial charge on any atom is -0.476 e. The van der Waals surface area contributed by atoms with Crippen LogP contribution in [0.25, 0.3) is 0 Å². The van der Waals surface area contributed by atoms with Crippen molar-refractivity contribution >= 4 is 35.7 Å². The normalized spacial score (nSPS) is 18.7. The summed E-state index contributed by atoms with van der Waals surface area (Å²) in [5.74, 6) is -3.91. The van der Waals surface area contributed by atoms with Crippen molar-refractivity contribution in [1.29, 1.82) is 0 Å². The summed E-state index contributed by atoms with van der Waals surface area (Å²) in [6, 6.07) is 20.7. The molecule has 14 heteroatoms. The van der Waals surface area contributed by atoms with Gasteiger partial charge in [0.2, 0.25) is 11.8 Å². The third-order valence-corrected chi connectivity index (χ3v) is 7.70. The van der Waals surface area contributed by atoms with E-state index >= 15 is 0 Å². The smallest absolute Gasteiger partial charge is 0.356 e. The summed E-state index contributed by atoms with van der Waals surface area (Å²) >= 11 is 0.